The van der Waals surface area contributed by atoms with Crippen molar-refractivity contribution in [3.8, 4) is 0 Å². The summed E-state index contributed by atoms with van der Waals surface area (Å²) in [5.74, 6) is 1.13. The van der Waals surface area contributed by atoms with Crippen molar-refractivity contribution in [2.75, 3.05) is 12.3 Å². The van der Waals surface area contributed by atoms with E-state index in [0.29, 0.717) is 6.04 Å². The standard InChI is InChI=1S/C18H26BrNS/c1-2-20-18(15-8-6-4-3-5-7-9-15)14-21-17-12-10-16(19)11-13-17/h8,10-13,18,20H,2-7,9,14H2,1H3/b15-8+. The summed E-state index contributed by atoms with van der Waals surface area (Å²) in [6.45, 7) is 3.25. The van der Waals surface area contributed by atoms with Gasteiger partial charge in [-0.2, -0.15) is 0 Å². The summed E-state index contributed by atoms with van der Waals surface area (Å²) in [7, 11) is 0. The van der Waals surface area contributed by atoms with Gasteiger partial charge < -0.3 is 5.32 Å². The monoisotopic (exact) mass is 367 g/mol. The number of likely N-dealkylation sites (N-methyl/N-ethyl adjacent to an activating group) is 1. The quantitative estimate of drug-likeness (QED) is 0.503. The molecular weight excluding hydrogens is 342 g/mol. The fourth-order valence-corrected chi connectivity index (χ4v) is 4.07. The zero-order chi connectivity index (χ0) is 14.9. The van der Waals surface area contributed by atoms with Gasteiger partial charge in [-0.25, -0.2) is 0 Å². The average Bonchev–Trinajstić information content (AvgIpc) is 2.45. The maximum atomic E-state index is 3.68. The summed E-state index contributed by atoms with van der Waals surface area (Å²) >= 11 is 5.46. The zero-order valence-electron chi connectivity index (χ0n) is 12.9. The van der Waals surface area contributed by atoms with E-state index in [0.717, 1.165) is 16.8 Å². The molecule has 0 aliphatic heterocycles. The van der Waals surface area contributed by atoms with Gasteiger partial charge in [-0.3, -0.25) is 0 Å². The lowest BCUT2D eigenvalue weighted by molar-refractivity contribution is 0.566. The average molecular weight is 368 g/mol. The van der Waals surface area contributed by atoms with Crippen molar-refractivity contribution in [3.05, 3.63) is 40.4 Å². The lowest BCUT2D eigenvalue weighted by Gasteiger charge is -2.23. The summed E-state index contributed by atoms with van der Waals surface area (Å²) < 4.78 is 1.15. The van der Waals surface area contributed by atoms with Gasteiger partial charge in [0, 0.05) is 21.2 Å². The Hall–Kier alpha value is -0.250. The van der Waals surface area contributed by atoms with Crippen molar-refractivity contribution in [2.24, 2.45) is 0 Å². The van der Waals surface area contributed by atoms with E-state index < -0.39 is 0 Å². The van der Waals surface area contributed by atoms with Crippen LogP contribution in [-0.2, 0) is 0 Å². The molecule has 1 aromatic rings. The minimum Gasteiger partial charge on any atom is -0.310 e. The molecule has 0 heterocycles. The Morgan fingerprint density at radius 3 is 2.67 bits per heavy atom. The Morgan fingerprint density at radius 2 is 1.90 bits per heavy atom. The Labute approximate surface area is 142 Å². The van der Waals surface area contributed by atoms with E-state index in [4.69, 9.17) is 0 Å². The second-order valence-electron chi connectivity index (χ2n) is 5.61. The molecule has 0 saturated carbocycles. The van der Waals surface area contributed by atoms with Gasteiger partial charge in [-0.15, -0.1) is 11.8 Å². The fraction of sp³-hybridized carbons (Fsp3) is 0.556. The molecule has 1 nitrogen and oxygen atoms in total. The largest absolute Gasteiger partial charge is 0.310 e. The molecule has 116 valence electrons. The normalized spacial score (nSPS) is 20.2. The number of rotatable bonds is 6. The van der Waals surface area contributed by atoms with E-state index in [1.807, 2.05) is 11.8 Å². The first-order chi connectivity index (χ1) is 10.3. The first-order valence-corrected chi connectivity index (χ1v) is 9.88. The van der Waals surface area contributed by atoms with Crippen molar-refractivity contribution in [3.63, 3.8) is 0 Å². The van der Waals surface area contributed by atoms with Gasteiger partial charge in [0.2, 0.25) is 0 Å². The van der Waals surface area contributed by atoms with Crippen LogP contribution in [0.25, 0.3) is 0 Å². The Kier molecular flexibility index (Phi) is 7.91. The van der Waals surface area contributed by atoms with E-state index in [1.54, 1.807) is 5.57 Å². The van der Waals surface area contributed by atoms with Crippen LogP contribution in [0.5, 0.6) is 0 Å². The van der Waals surface area contributed by atoms with Gasteiger partial charge in [0.15, 0.2) is 0 Å². The van der Waals surface area contributed by atoms with Gasteiger partial charge >= 0.3 is 0 Å². The number of hydrogen-bond acceptors (Lipinski definition) is 2. The van der Waals surface area contributed by atoms with Crippen LogP contribution < -0.4 is 5.32 Å². The van der Waals surface area contributed by atoms with Crippen LogP contribution in [0.3, 0.4) is 0 Å². The minimum atomic E-state index is 0.529. The molecule has 0 spiro atoms. The molecule has 1 aliphatic carbocycles. The van der Waals surface area contributed by atoms with E-state index >= 15 is 0 Å². The molecule has 1 unspecified atom stereocenters. The first kappa shape index (κ1) is 17.1. The molecular formula is C18H26BrNS. The van der Waals surface area contributed by atoms with E-state index in [-0.39, 0.29) is 0 Å². The summed E-state index contributed by atoms with van der Waals surface area (Å²) in [4.78, 5) is 1.35. The van der Waals surface area contributed by atoms with Crippen molar-refractivity contribution in [1.82, 2.24) is 5.32 Å². The number of hydrogen-bond donors (Lipinski definition) is 1. The predicted molar refractivity (Wildman–Crippen MR) is 98.1 cm³/mol. The number of nitrogens with one attached hydrogen (secondary N) is 1. The molecule has 0 saturated heterocycles. The van der Waals surface area contributed by atoms with Gasteiger partial charge in [0.25, 0.3) is 0 Å². The van der Waals surface area contributed by atoms with E-state index in [9.17, 15) is 0 Å². The molecule has 0 radical (unpaired) electrons. The molecule has 1 atom stereocenters. The third-order valence-corrected chi connectivity index (χ3v) is 5.59. The molecule has 0 amide bonds. The highest BCUT2D eigenvalue weighted by Crippen LogP contribution is 2.26. The van der Waals surface area contributed by atoms with Crippen molar-refractivity contribution in [2.45, 2.75) is 56.4 Å². The van der Waals surface area contributed by atoms with Crippen molar-refractivity contribution in [1.29, 1.82) is 0 Å². The lowest BCUT2D eigenvalue weighted by Crippen LogP contribution is -2.33. The van der Waals surface area contributed by atoms with Gasteiger partial charge in [-0.05, 0) is 56.5 Å². The number of halogens is 1. The summed E-state index contributed by atoms with van der Waals surface area (Å²) in [6.07, 6.45) is 10.6. The Balaban J connectivity index is 1.95. The second-order valence-corrected chi connectivity index (χ2v) is 7.62. The van der Waals surface area contributed by atoms with Crippen molar-refractivity contribution >= 4 is 27.7 Å². The SMILES string of the molecule is CCNC(CSc1ccc(Br)cc1)/C1=C/CCCCCC1. The molecule has 1 aliphatic rings. The van der Waals surface area contributed by atoms with Crippen LogP contribution in [-0.4, -0.2) is 18.3 Å². The van der Waals surface area contributed by atoms with E-state index in [2.05, 4.69) is 58.5 Å². The number of allylic oxidation sites excluding steroid dienone is 1. The second kappa shape index (κ2) is 9.70. The Morgan fingerprint density at radius 1 is 1.14 bits per heavy atom. The molecule has 3 heteroatoms. The Bertz CT molecular complexity index is 441. The molecule has 0 fully saturated rings. The molecule has 1 aromatic carbocycles. The van der Waals surface area contributed by atoms with Crippen LogP contribution in [0.15, 0.2) is 45.3 Å². The van der Waals surface area contributed by atoms with E-state index in [1.165, 1.54) is 43.4 Å². The van der Waals surface area contributed by atoms with Crippen LogP contribution in [0.1, 0.15) is 45.4 Å². The first-order valence-electron chi connectivity index (χ1n) is 8.10. The summed E-state index contributed by atoms with van der Waals surface area (Å²) in [5, 5.41) is 3.68. The maximum absolute atomic E-state index is 3.68. The van der Waals surface area contributed by atoms with Gasteiger partial charge in [0.05, 0.1) is 0 Å². The highest BCUT2D eigenvalue weighted by molar-refractivity contribution is 9.10. The topological polar surface area (TPSA) is 12.0 Å². The minimum absolute atomic E-state index is 0.529. The molecule has 0 aromatic heterocycles. The van der Waals surface area contributed by atoms with Crippen molar-refractivity contribution < 1.29 is 0 Å². The number of thioether (sulfide) groups is 1. The van der Waals surface area contributed by atoms with Gasteiger partial charge in [0.1, 0.15) is 0 Å². The summed E-state index contributed by atoms with van der Waals surface area (Å²) in [6, 6.07) is 9.18. The summed E-state index contributed by atoms with van der Waals surface area (Å²) in [5.41, 5.74) is 1.64. The third kappa shape index (κ3) is 6.17. The third-order valence-electron chi connectivity index (χ3n) is 3.95. The molecule has 21 heavy (non-hydrogen) atoms. The smallest absolute Gasteiger partial charge is 0.0374 e. The molecule has 1 N–H and O–H groups in total. The zero-order valence-corrected chi connectivity index (χ0v) is 15.3. The predicted octanol–water partition coefficient (Wildman–Crippen LogP) is 5.80. The van der Waals surface area contributed by atoms with Gasteiger partial charge in [-0.1, -0.05) is 47.3 Å². The highest BCUT2D eigenvalue weighted by Gasteiger charge is 2.14. The maximum Gasteiger partial charge on any atom is 0.0374 e. The fourth-order valence-electron chi connectivity index (χ4n) is 2.79. The van der Waals surface area contributed by atoms with Crippen LogP contribution in [0.4, 0.5) is 0 Å². The molecule has 0 bridgehead atoms. The van der Waals surface area contributed by atoms with Crippen LogP contribution in [0.2, 0.25) is 0 Å². The number of benzene rings is 1. The lowest BCUT2D eigenvalue weighted by atomic mass is 9.95. The molecule has 2 rings (SSSR count). The highest BCUT2D eigenvalue weighted by atomic mass is 79.9. The van der Waals surface area contributed by atoms with Crippen LogP contribution in [0, 0.1) is 0 Å². The van der Waals surface area contributed by atoms with Crippen LogP contribution >= 0.6 is 27.7 Å².